The molecule has 1 aliphatic heterocycles. The molecule has 0 atom stereocenters. The lowest BCUT2D eigenvalue weighted by atomic mass is 9.87. The summed E-state index contributed by atoms with van der Waals surface area (Å²) >= 11 is 0. The molecule has 2 aromatic carbocycles. The standard InChI is InChI=1S/C16H12N2O3/c1-21-18-14(19)16(17-15(18)20)12-8-4-2-6-10(12)11-7-3-5-9-13(11)16/h2-9H,1H3,(H,17,20). The Hall–Kier alpha value is -2.66. The van der Waals surface area contributed by atoms with E-state index < -0.39 is 17.5 Å². The van der Waals surface area contributed by atoms with Crippen LogP contribution in [-0.4, -0.2) is 24.1 Å². The Morgan fingerprint density at radius 2 is 1.48 bits per heavy atom. The van der Waals surface area contributed by atoms with Crippen LogP contribution in [0.15, 0.2) is 48.5 Å². The second kappa shape index (κ2) is 3.93. The van der Waals surface area contributed by atoms with Gasteiger partial charge in [-0.25, -0.2) is 4.79 Å². The average Bonchev–Trinajstić information content (AvgIpc) is 2.94. The van der Waals surface area contributed by atoms with Crippen molar-refractivity contribution in [3.05, 3.63) is 59.7 Å². The molecule has 0 radical (unpaired) electrons. The summed E-state index contributed by atoms with van der Waals surface area (Å²) in [6, 6.07) is 14.7. The quantitative estimate of drug-likeness (QED) is 0.813. The van der Waals surface area contributed by atoms with E-state index in [9.17, 15) is 9.59 Å². The van der Waals surface area contributed by atoms with E-state index >= 15 is 0 Å². The first-order valence-electron chi connectivity index (χ1n) is 6.60. The molecule has 21 heavy (non-hydrogen) atoms. The van der Waals surface area contributed by atoms with Gasteiger partial charge in [-0.05, 0) is 22.3 Å². The molecule has 1 N–H and O–H groups in total. The fraction of sp³-hybridized carbons (Fsp3) is 0.125. The summed E-state index contributed by atoms with van der Waals surface area (Å²) in [6.07, 6.45) is 0. The number of hydrogen-bond acceptors (Lipinski definition) is 3. The summed E-state index contributed by atoms with van der Waals surface area (Å²) in [5.41, 5.74) is 2.30. The molecule has 0 bridgehead atoms. The van der Waals surface area contributed by atoms with E-state index in [1.54, 1.807) is 0 Å². The number of hydrogen-bond donors (Lipinski definition) is 1. The Kier molecular flexibility index (Phi) is 2.26. The van der Waals surface area contributed by atoms with E-state index in [-0.39, 0.29) is 0 Å². The Labute approximate surface area is 121 Å². The van der Waals surface area contributed by atoms with Gasteiger partial charge in [0.2, 0.25) is 0 Å². The number of nitrogens with one attached hydrogen (secondary N) is 1. The van der Waals surface area contributed by atoms with Crippen LogP contribution in [0.25, 0.3) is 11.1 Å². The van der Waals surface area contributed by atoms with Crippen molar-refractivity contribution in [1.29, 1.82) is 0 Å². The summed E-state index contributed by atoms with van der Waals surface area (Å²) in [7, 11) is 1.31. The average molecular weight is 280 g/mol. The van der Waals surface area contributed by atoms with Crippen molar-refractivity contribution in [2.24, 2.45) is 0 Å². The number of fused-ring (bicyclic) bond motifs is 5. The lowest BCUT2D eigenvalue weighted by Crippen LogP contribution is -2.43. The zero-order valence-electron chi connectivity index (χ0n) is 11.3. The lowest BCUT2D eigenvalue weighted by Gasteiger charge is -2.23. The number of hydroxylamine groups is 2. The molecule has 1 fully saturated rings. The van der Waals surface area contributed by atoms with Crippen LogP contribution >= 0.6 is 0 Å². The Bertz CT molecular complexity index is 739. The molecule has 0 saturated carbocycles. The van der Waals surface area contributed by atoms with Crippen molar-refractivity contribution in [2.75, 3.05) is 7.11 Å². The number of carbonyl (C=O) groups excluding carboxylic acids is 2. The minimum Gasteiger partial charge on any atom is -0.314 e. The Morgan fingerprint density at radius 3 is 1.95 bits per heavy atom. The molecular weight excluding hydrogens is 268 g/mol. The highest BCUT2D eigenvalue weighted by Gasteiger charge is 2.58. The number of benzene rings is 2. The van der Waals surface area contributed by atoms with Crippen LogP contribution in [0.2, 0.25) is 0 Å². The number of amides is 3. The molecule has 1 aliphatic carbocycles. The zero-order chi connectivity index (χ0) is 14.6. The van der Waals surface area contributed by atoms with Crippen LogP contribution in [0.1, 0.15) is 11.1 Å². The van der Waals surface area contributed by atoms with E-state index in [0.717, 1.165) is 27.3 Å². The fourth-order valence-electron chi connectivity index (χ4n) is 3.28. The second-order valence-corrected chi connectivity index (χ2v) is 5.05. The van der Waals surface area contributed by atoms with E-state index in [0.29, 0.717) is 0 Å². The highest BCUT2D eigenvalue weighted by molar-refractivity contribution is 6.12. The summed E-state index contributed by atoms with van der Waals surface area (Å²) < 4.78 is 0. The van der Waals surface area contributed by atoms with E-state index in [2.05, 4.69) is 5.32 Å². The van der Waals surface area contributed by atoms with Crippen molar-refractivity contribution >= 4 is 11.9 Å². The van der Waals surface area contributed by atoms with Crippen LogP contribution in [0, 0.1) is 0 Å². The van der Waals surface area contributed by atoms with Crippen LogP contribution in [-0.2, 0) is 15.2 Å². The first kappa shape index (κ1) is 12.1. The van der Waals surface area contributed by atoms with Crippen molar-refractivity contribution in [1.82, 2.24) is 10.4 Å². The molecule has 0 aromatic heterocycles. The zero-order valence-corrected chi connectivity index (χ0v) is 11.3. The third-order valence-electron chi connectivity index (χ3n) is 4.12. The van der Waals surface area contributed by atoms with E-state index in [1.165, 1.54) is 7.11 Å². The number of urea groups is 1. The predicted octanol–water partition coefficient (Wildman–Crippen LogP) is 2.02. The molecule has 1 heterocycles. The first-order chi connectivity index (χ1) is 10.2. The molecule has 1 saturated heterocycles. The molecule has 104 valence electrons. The number of carbonyl (C=O) groups is 2. The number of imide groups is 1. The van der Waals surface area contributed by atoms with Gasteiger partial charge in [-0.1, -0.05) is 48.5 Å². The van der Waals surface area contributed by atoms with E-state index in [1.807, 2.05) is 48.5 Å². The molecule has 2 aromatic rings. The molecule has 2 aliphatic rings. The molecule has 5 heteroatoms. The first-order valence-corrected chi connectivity index (χ1v) is 6.60. The lowest BCUT2D eigenvalue weighted by molar-refractivity contribution is -0.158. The van der Waals surface area contributed by atoms with Gasteiger partial charge in [-0.2, -0.15) is 0 Å². The van der Waals surface area contributed by atoms with Crippen LogP contribution in [0.3, 0.4) is 0 Å². The van der Waals surface area contributed by atoms with Crippen LogP contribution < -0.4 is 5.32 Å². The minimum absolute atomic E-state index is 0.410. The predicted molar refractivity (Wildman–Crippen MR) is 75.0 cm³/mol. The Balaban J connectivity index is 2.06. The summed E-state index contributed by atoms with van der Waals surface area (Å²) in [5, 5.41) is 3.58. The van der Waals surface area contributed by atoms with Gasteiger partial charge in [-0.15, -0.1) is 5.06 Å². The van der Waals surface area contributed by atoms with Crippen molar-refractivity contribution < 1.29 is 14.4 Å². The van der Waals surface area contributed by atoms with E-state index in [4.69, 9.17) is 4.84 Å². The fourth-order valence-corrected chi connectivity index (χ4v) is 3.28. The van der Waals surface area contributed by atoms with Gasteiger partial charge < -0.3 is 5.32 Å². The van der Waals surface area contributed by atoms with Gasteiger partial charge in [0.05, 0.1) is 7.11 Å². The normalized spacial score (nSPS) is 17.9. The topological polar surface area (TPSA) is 58.6 Å². The van der Waals surface area contributed by atoms with Crippen molar-refractivity contribution in [2.45, 2.75) is 5.54 Å². The molecule has 4 rings (SSSR count). The maximum atomic E-state index is 12.8. The van der Waals surface area contributed by atoms with Gasteiger partial charge in [0.1, 0.15) is 0 Å². The monoisotopic (exact) mass is 280 g/mol. The largest absolute Gasteiger partial charge is 0.350 e. The van der Waals surface area contributed by atoms with Gasteiger partial charge in [0.25, 0.3) is 5.91 Å². The summed E-state index contributed by atoms with van der Waals surface area (Å²) in [5.74, 6) is -0.410. The molecule has 1 spiro atoms. The second-order valence-electron chi connectivity index (χ2n) is 5.05. The van der Waals surface area contributed by atoms with Crippen LogP contribution in [0.4, 0.5) is 4.79 Å². The molecular formula is C16H12N2O3. The van der Waals surface area contributed by atoms with Gasteiger partial charge in [0, 0.05) is 0 Å². The van der Waals surface area contributed by atoms with Gasteiger partial charge in [0.15, 0.2) is 5.54 Å². The highest BCUT2D eigenvalue weighted by atomic mass is 16.7. The third-order valence-corrected chi connectivity index (χ3v) is 4.12. The SMILES string of the molecule is CON1C(=O)NC2(C1=O)c1ccccc1-c1ccccc12. The summed E-state index contributed by atoms with van der Waals surface area (Å²) in [6.45, 7) is 0. The molecule has 3 amide bonds. The number of nitrogens with zero attached hydrogens (tertiary/aromatic N) is 1. The van der Waals surface area contributed by atoms with Crippen molar-refractivity contribution in [3.8, 4) is 11.1 Å². The molecule has 0 unspecified atom stereocenters. The maximum Gasteiger partial charge on any atom is 0.350 e. The number of rotatable bonds is 1. The Morgan fingerprint density at radius 1 is 0.952 bits per heavy atom. The summed E-state index contributed by atoms with van der Waals surface area (Å²) in [4.78, 5) is 29.8. The smallest absolute Gasteiger partial charge is 0.314 e. The van der Waals surface area contributed by atoms with Gasteiger partial charge in [-0.3, -0.25) is 9.63 Å². The maximum absolute atomic E-state index is 12.8. The van der Waals surface area contributed by atoms with Crippen molar-refractivity contribution in [3.63, 3.8) is 0 Å². The highest BCUT2D eigenvalue weighted by Crippen LogP contribution is 2.49. The minimum atomic E-state index is -1.18. The van der Waals surface area contributed by atoms with Crippen LogP contribution in [0.5, 0.6) is 0 Å². The van der Waals surface area contributed by atoms with Gasteiger partial charge >= 0.3 is 6.03 Å². The third kappa shape index (κ3) is 1.29. The molecule has 5 nitrogen and oxygen atoms in total.